The number of hydrogen-bond acceptors (Lipinski definition) is 5. The minimum Gasteiger partial charge on any atom is -0.381 e. The highest BCUT2D eigenvalue weighted by molar-refractivity contribution is 6.03. The van der Waals surface area contributed by atoms with E-state index in [9.17, 15) is 9.18 Å². The van der Waals surface area contributed by atoms with Crippen LogP contribution in [0.5, 0.6) is 0 Å². The Hall–Kier alpha value is -3.30. The second-order valence-electron chi connectivity index (χ2n) is 10.1. The van der Waals surface area contributed by atoms with Crippen LogP contribution in [0.4, 0.5) is 18.9 Å². The molecule has 1 aliphatic heterocycles. The molecule has 3 aromatic rings. The lowest BCUT2D eigenvalue weighted by Crippen LogP contribution is -2.31. The summed E-state index contributed by atoms with van der Waals surface area (Å²) in [7, 11) is 0. The summed E-state index contributed by atoms with van der Waals surface area (Å²) >= 11 is 0. The van der Waals surface area contributed by atoms with E-state index in [2.05, 4.69) is 22.2 Å². The molecule has 0 spiro atoms. The maximum atomic E-state index is 15.0. The largest absolute Gasteiger partial charge is 0.381 e. The van der Waals surface area contributed by atoms with E-state index < -0.39 is 34.6 Å². The highest BCUT2D eigenvalue weighted by atomic mass is 19.1. The van der Waals surface area contributed by atoms with Gasteiger partial charge in [0.1, 0.15) is 28.8 Å². The molecule has 0 bridgehead atoms. The monoisotopic (exact) mass is 510 g/mol. The molecule has 0 radical (unpaired) electrons. The molecular formula is C28H29F3N4O2. The molecule has 194 valence electrons. The highest BCUT2D eigenvalue weighted by Crippen LogP contribution is 2.38. The Balaban J connectivity index is 1.42. The zero-order valence-electron chi connectivity index (χ0n) is 20.5. The Morgan fingerprint density at radius 3 is 2.54 bits per heavy atom. The average molecular weight is 511 g/mol. The van der Waals surface area contributed by atoms with Crippen LogP contribution in [0.2, 0.25) is 0 Å². The molecule has 5 rings (SSSR count). The van der Waals surface area contributed by atoms with Crippen molar-refractivity contribution in [2.45, 2.75) is 50.5 Å². The van der Waals surface area contributed by atoms with Crippen molar-refractivity contribution in [2.75, 3.05) is 18.5 Å². The second kappa shape index (κ2) is 10.6. The molecule has 1 saturated carbocycles. The van der Waals surface area contributed by atoms with Crippen molar-refractivity contribution in [2.24, 2.45) is 11.7 Å². The average Bonchev–Trinajstić information content (AvgIpc) is 3.39. The van der Waals surface area contributed by atoms with Gasteiger partial charge in [-0.05, 0) is 79.0 Å². The van der Waals surface area contributed by atoms with Crippen LogP contribution >= 0.6 is 0 Å². The van der Waals surface area contributed by atoms with Crippen molar-refractivity contribution in [3.05, 3.63) is 77.0 Å². The van der Waals surface area contributed by atoms with Gasteiger partial charge in [0.05, 0.1) is 24.1 Å². The summed E-state index contributed by atoms with van der Waals surface area (Å²) in [6, 6.07) is 6.47. The number of amides is 1. The fourth-order valence-corrected chi connectivity index (χ4v) is 5.56. The Labute approximate surface area is 213 Å². The molecular weight excluding hydrogens is 481 g/mol. The number of ether oxygens (including phenoxy) is 1. The standard InChI is InChI=1S/C28H29F3N4O2/c1-15-8-18(10-19(32)9-15)20-4-6-33-13-25(20)35-28(36)24-3-2-21(29)27(34-24)26-22(30)11-17(12-23(26)31)16-5-7-37-14-16/h2-4,6,11-13,15-16,18-19H,5,7-10,14,32H2,1H3,(H,35,36)/t15-,16-,18+,19+/m0/s1. The van der Waals surface area contributed by atoms with Crippen LogP contribution in [-0.2, 0) is 4.74 Å². The number of anilines is 1. The Morgan fingerprint density at radius 1 is 1.05 bits per heavy atom. The van der Waals surface area contributed by atoms with Gasteiger partial charge < -0.3 is 15.8 Å². The topological polar surface area (TPSA) is 90.1 Å². The zero-order chi connectivity index (χ0) is 26.1. The summed E-state index contributed by atoms with van der Waals surface area (Å²) in [6.45, 7) is 3.05. The van der Waals surface area contributed by atoms with Crippen LogP contribution in [0, 0.1) is 23.4 Å². The highest BCUT2D eigenvalue weighted by Gasteiger charge is 2.28. The number of aromatic nitrogens is 2. The third-order valence-electron chi connectivity index (χ3n) is 7.30. The number of carbonyl (C=O) groups is 1. The first-order chi connectivity index (χ1) is 17.8. The van der Waals surface area contributed by atoms with Gasteiger partial charge in [-0.15, -0.1) is 0 Å². The van der Waals surface area contributed by atoms with E-state index in [-0.39, 0.29) is 23.6 Å². The summed E-state index contributed by atoms with van der Waals surface area (Å²) < 4.78 is 50.1. The minimum atomic E-state index is -0.942. The molecule has 3 N–H and O–H groups in total. The first-order valence-electron chi connectivity index (χ1n) is 12.5. The van der Waals surface area contributed by atoms with Crippen molar-refractivity contribution in [3.8, 4) is 11.3 Å². The number of nitrogens with two attached hydrogens (primary N) is 1. The quantitative estimate of drug-likeness (QED) is 0.470. The molecule has 1 aliphatic carbocycles. The third kappa shape index (κ3) is 5.38. The maximum Gasteiger partial charge on any atom is 0.274 e. The van der Waals surface area contributed by atoms with Crippen LogP contribution in [0.25, 0.3) is 11.3 Å². The molecule has 0 unspecified atom stereocenters. The number of rotatable bonds is 5. The molecule has 6 nitrogen and oxygen atoms in total. The van der Waals surface area contributed by atoms with Crippen molar-refractivity contribution in [1.82, 2.24) is 9.97 Å². The molecule has 2 aromatic heterocycles. The zero-order valence-corrected chi connectivity index (χ0v) is 20.5. The Kier molecular flexibility index (Phi) is 7.26. The Bertz CT molecular complexity index is 1280. The van der Waals surface area contributed by atoms with Crippen LogP contribution < -0.4 is 11.1 Å². The smallest absolute Gasteiger partial charge is 0.274 e. The normalized spacial score (nSPS) is 23.7. The lowest BCUT2D eigenvalue weighted by molar-refractivity contribution is 0.102. The molecule has 3 heterocycles. The SMILES string of the molecule is C[C@@H]1C[C@@H](N)C[C@H](c2ccncc2NC(=O)c2ccc(F)c(-c3c(F)cc([C@H]4CCOC4)cc3F)n2)C1. The molecule has 2 fully saturated rings. The van der Waals surface area contributed by atoms with Gasteiger partial charge in [0.15, 0.2) is 0 Å². The third-order valence-corrected chi connectivity index (χ3v) is 7.30. The first kappa shape index (κ1) is 25.4. The van der Waals surface area contributed by atoms with Crippen molar-refractivity contribution in [1.29, 1.82) is 0 Å². The molecule has 1 aromatic carbocycles. The molecule has 9 heteroatoms. The number of halogens is 3. The van der Waals surface area contributed by atoms with E-state index >= 15 is 8.78 Å². The summed E-state index contributed by atoms with van der Waals surface area (Å²) in [5.74, 6) is -2.97. The lowest BCUT2D eigenvalue weighted by Gasteiger charge is -2.32. The van der Waals surface area contributed by atoms with E-state index in [4.69, 9.17) is 10.5 Å². The lowest BCUT2D eigenvalue weighted by atomic mass is 9.76. The van der Waals surface area contributed by atoms with E-state index in [1.54, 1.807) is 12.4 Å². The predicted molar refractivity (Wildman–Crippen MR) is 134 cm³/mol. The van der Waals surface area contributed by atoms with Gasteiger partial charge >= 0.3 is 0 Å². The van der Waals surface area contributed by atoms with Gasteiger partial charge in [-0.1, -0.05) is 6.92 Å². The van der Waals surface area contributed by atoms with E-state index in [0.717, 1.165) is 30.9 Å². The summed E-state index contributed by atoms with van der Waals surface area (Å²) in [4.78, 5) is 21.3. The van der Waals surface area contributed by atoms with Crippen LogP contribution in [0.1, 0.15) is 66.1 Å². The fourth-order valence-electron chi connectivity index (χ4n) is 5.56. The maximum absolute atomic E-state index is 15.0. The fraction of sp³-hybridized carbons (Fsp3) is 0.393. The van der Waals surface area contributed by atoms with Gasteiger partial charge in [0.2, 0.25) is 0 Å². The van der Waals surface area contributed by atoms with Crippen LogP contribution in [0.3, 0.4) is 0 Å². The molecule has 1 saturated heterocycles. The van der Waals surface area contributed by atoms with Gasteiger partial charge in [-0.2, -0.15) is 0 Å². The molecule has 37 heavy (non-hydrogen) atoms. The molecule has 2 aliphatic rings. The van der Waals surface area contributed by atoms with Gasteiger partial charge in [-0.3, -0.25) is 9.78 Å². The number of nitrogens with one attached hydrogen (secondary N) is 1. The number of benzene rings is 1. The van der Waals surface area contributed by atoms with Crippen molar-refractivity contribution >= 4 is 11.6 Å². The van der Waals surface area contributed by atoms with Gasteiger partial charge in [-0.25, -0.2) is 18.2 Å². The van der Waals surface area contributed by atoms with E-state index in [0.29, 0.717) is 36.8 Å². The summed E-state index contributed by atoms with van der Waals surface area (Å²) in [5, 5.41) is 2.80. The van der Waals surface area contributed by atoms with Crippen molar-refractivity contribution < 1.29 is 22.7 Å². The van der Waals surface area contributed by atoms with Gasteiger partial charge in [0.25, 0.3) is 5.91 Å². The van der Waals surface area contributed by atoms with E-state index in [1.165, 1.54) is 18.2 Å². The number of hydrogen-bond donors (Lipinski definition) is 2. The summed E-state index contributed by atoms with van der Waals surface area (Å²) in [5.41, 5.74) is 6.76. The molecule has 1 amide bonds. The number of carbonyl (C=O) groups excluding carboxylic acids is 1. The van der Waals surface area contributed by atoms with Crippen LogP contribution in [-0.4, -0.2) is 35.1 Å². The van der Waals surface area contributed by atoms with Crippen LogP contribution in [0.15, 0.2) is 42.7 Å². The van der Waals surface area contributed by atoms with E-state index in [1.807, 2.05) is 6.07 Å². The minimum absolute atomic E-state index is 0.0733. The predicted octanol–water partition coefficient (Wildman–Crippen LogP) is 5.55. The first-order valence-corrected chi connectivity index (χ1v) is 12.5. The number of nitrogens with zero attached hydrogens (tertiary/aromatic N) is 2. The number of pyridine rings is 2. The Morgan fingerprint density at radius 2 is 1.84 bits per heavy atom. The van der Waals surface area contributed by atoms with Gasteiger partial charge in [0, 0.05) is 24.8 Å². The second-order valence-corrected chi connectivity index (χ2v) is 10.1. The molecule has 4 atom stereocenters. The summed E-state index contributed by atoms with van der Waals surface area (Å²) in [6.07, 6.45) is 6.54. The van der Waals surface area contributed by atoms with Crippen molar-refractivity contribution in [3.63, 3.8) is 0 Å².